The number of carbonyl (C=O) groups is 2. The van der Waals surface area contributed by atoms with Crippen LogP contribution in [0.1, 0.15) is 34.5 Å². The van der Waals surface area contributed by atoms with Gasteiger partial charge in [-0.25, -0.2) is 9.97 Å². The highest BCUT2D eigenvalue weighted by molar-refractivity contribution is 5.80. The number of anilines is 2. The molecule has 1 amide bonds. The maximum absolute atomic E-state index is 12.3. The van der Waals surface area contributed by atoms with E-state index in [1.807, 2.05) is 11.9 Å². The molecule has 0 spiro atoms. The third kappa shape index (κ3) is 6.14. The van der Waals surface area contributed by atoms with Crippen LogP contribution in [0.15, 0.2) is 24.4 Å². The van der Waals surface area contributed by atoms with Crippen LogP contribution in [-0.4, -0.2) is 96.5 Å². The first-order valence-electron chi connectivity index (χ1n) is 11.9. The van der Waals surface area contributed by atoms with Crippen molar-refractivity contribution < 1.29 is 24.2 Å². The molecule has 1 atom stereocenters. The Morgan fingerprint density at radius 2 is 2.16 bits per heavy atom. The lowest BCUT2D eigenvalue weighted by Crippen LogP contribution is -2.48. The zero-order valence-corrected chi connectivity index (χ0v) is 21.2. The first kappa shape index (κ1) is 26.3. The van der Waals surface area contributed by atoms with Crippen LogP contribution in [0.5, 0.6) is 5.75 Å². The van der Waals surface area contributed by atoms with E-state index in [1.54, 1.807) is 37.3 Å². The average molecular weight is 510 g/mol. The van der Waals surface area contributed by atoms with Gasteiger partial charge in [-0.1, -0.05) is 6.07 Å². The molecule has 3 heterocycles. The van der Waals surface area contributed by atoms with Crippen LogP contribution in [0.2, 0.25) is 0 Å². The second kappa shape index (κ2) is 11.1. The Bertz CT molecular complexity index is 1200. The molecule has 2 N–H and O–H groups in total. The summed E-state index contributed by atoms with van der Waals surface area (Å²) in [6, 6.07) is 7.04. The first-order chi connectivity index (χ1) is 17.8. The van der Waals surface area contributed by atoms with Crippen molar-refractivity contribution in [2.75, 3.05) is 57.7 Å². The Morgan fingerprint density at radius 3 is 2.81 bits per heavy atom. The van der Waals surface area contributed by atoms with Crippen molar-refractivity contribution in [2.45, 2.75) is 31.3 Å². The fourth-order valence-electron chi connectivity index (χ4n) is 4.07. The van der Waals surface area contributed by atoms with Crippen molar-refractivity contribution in [1.29, 1.82) is 5.26 Å². The Kier molecular flexibility index (Phi) is 7.87. The van der Waals surface area contributed by atoms with Gasteiger partial charge in [0.25, 0.3) is 0 Å². The van der Waals surface area contributed by atoms with E-state index in [-0.39, 0.29) is 17.2 Å². The molecule has 196 valence electrons. The number of methoxy groups -OCH3 is 1. The quantitative estimate of drug-likeness (QED) is 0.328. The fraction of sp³-hybridized carbons (Fsp3) is 0.480. The zero-order valence-electron chi connectivity index (χ0n) is 21.2. The second-order valence-electron chi connectivity index (χ2n) is 9.41. The van der Waals surface area contributed by atoms with Crippen molar-refractivity contribution in [3.05, 3.63) is 41.2 Å². The molecule has 0 radical (unpaired) electrons. The minimum Gasteiger partial charge on any atom is -0.483 e. The topological polar surface area (TPSA) is 144 Å². The number of nitrogens with one attached hydrogen (secondary N) is 1. The number of hydrogen-bond donors (Lipinski definition) is 2. The van der Waals surface area contributed by atoms with Crippen LogP contribution in [0, 0.1) is 11.3 Å². The molecule has 2 fully saturated rings. The Balaban J connectivity index is 1.45. The van der Waals surface area contributed by atoms with E-state index < -0.39 is 12.0 Å². The summed E-state index contributed by atoms with van der Waals surface area (Å²) in [5.74, 6) is 0.994. The Hall–Kier alpha value is -3.79. The number of pyridine rings is 2. The molecule has 1 unspecified atom stereocenters. The number of likely N-dealkylation sites (N-methyl/N-ethyl adjacent to an activating group) is 1. The number of carbonyl (C=O) groups excluding carboxylic acids is 2. The molecule has 1 saturated carbocycles. The van der Waals surface area contributed by atoms with E-state index in [9.17, 15) is 20.0 Å². The maximum Gasteiger partial charge on any atom is 0.237 e. The summed E-state index contributed by atoms with van der Waals surface area (Å²) in [4.78, 5) is 37.8. The van der Waals surface area contributed by atoms with Crippen molar-refractivity contribution >= 4 is 23.8 Å². The van der Waals surface area contributed by atoms with E-state index in [1.165, 1.54) is 11.1 Å². The van der Waals surface area contributed by atoms with Crippen molar-refractivity contribution in [3.63, 3.8) is 0 Å². The van der Waals surface area contributed by atoms with Gasteiger partial charge in [-0.2, -0.15) is 5.26 Å². The monoisotopic (exact) mass is 509 g/mol. The summed E-state index contributed by atoms with van der Waals surface area (Å²) < 4.78 is 11.3. The molecule has 1 aliphatic carbocycles. The van der Waals surface area contributed by atoms with Crippen molar-refractivity contribution in [3.8, 4) is 11.8 Å². The Labute approximate surface area is 215 Å². The van der Waals surface area contributed by atoms with E-state index in [0.717, 1.165) is 19.4 Å². The lowest BCUT2D eigenvalue weighted by Gasteiger charge is -2.32. The number of rotatable bonds is 11. The highest BCUT2D eigenvalue weighted by Gasteiger charge is 2.46. The van der Waals surface area contributed by atoms with E-state index in [4.69, 9.17) is 9.47 Å². The van der Waals surface area contributed by atoms with E-state index in [2.05, 4.69) is 21.4 Å². The van der Waals surface area contributed by atoms with Gasteiger partial charge in [0.15, 0.2) is 6.29 Å². The molecule has 2 aromatic rings. The third-order valence-electron chi connectivity index (χ3n) is 6.51. The molecule has 12 nitrogen and oxygen atoms in total. The van der Waals surface area contributed by atoms with Gasteiger partial charge >= 0.3 is 0 Å². The summed E-state index contributed by atoms with van der Waals surface area (Å²) in [6.45, 7) is 2.39. The SMILES string of the molecule is COCC1(Oc2cc(NC(O)N(C)c3ccc(CN4CCN(C)CC4=O)c(C=O)n3)ncc2C#N)CC1. The van der Waals surface area contributed by atoms with Gasteiger partial charge in [0.1, 0.15) is 40.3 Å². The molecule has 0 aromatic carbocycles. The highest BCUT2D eigenvalue weighted by Crippen LogP contribution is 2.41. The van der Waals surface area contributed by atoms with Crippen molar-refractivity contribution in [2.24, 2.45) is 0 Å². The number of ether oxygens (including phenoxy) is 2. The largest absolute Gasteiger partial charge is 0.483 e. The molecule has 2 aliphatic rings. The lowest BCUT2D eigenvalue weighted by molar-refractivity contribution is -0.136. The zero-order chi connectivity index (χ0) is 26.6. The molecular formula is C25H31N7O5. The van der Waals surface area contributed by atoms with Gasteiger partial charge in [0.2, 0.25) is 12.3 Å². The summed E-state index contributed by atoms with van der Waals surface area (Å²) in [5, 5.41) is 23.1. The number of nitriles is 1. The minimum absolute atomic E-state index is 0.000456. The third-order valence-corrected chi connectivity index (χ3v) is 6.51. The molecule has 37 heavy (non-hydrogen) atoms. The smallest absolute Gasteiger partial charge is 0.237 e. The molecular weight excluding hydrogens is 478 g/mol. The number of nitrogens with zero attached hydrogens (tertiary/aromatic N) is 6. The first-order valence-corrected chi connectivity index (χ1v) is 11.9. The van der Waals surface area contributed by atoms with Crippen LogP contribution in [-0.2, 0) is 16.1 Å². The molecule has 12 heteroatoms. The molecule has 4 rings (SSSR count). The van der Waals surface area contributed by atoms with Crippen LogP contribution >= 0.6 is 0 Å². The second-order valence-corrected chi connectivity index (χ2v) is 9.41. The normalized spacial score (nSPS) is 17.6. The number of amides is 1. The average Bonchev–Trinajstić information content (AvgIpc) is 3.64. The molecule has 0 bridgehead atoms. The van der Waals surface area contributed by atoms with Gasteiger partial charge in [0.05, 0.1) is 19.3 Å². The van der Waals surface area contributed by atoms with Crippen LogP contribution < -0.4 is 15.0 Å². The summed E-state index contributed by atoms with van der Waals surface area (Å²) in [7, 11) is 5.10. The van der Waals surface area contributed by atoms with E-state index >= 15 is 0 Å². The van der Waals surface area contributed by atoms with Gasteiger partial charge in [-0.15, -0.1) is 0 Å². The van der Waals surface area contributed by atoms with Gasteiger partial charge in [0, 0.05) is 45.4 Å². The summed E-state index contributed by atoms with van der Waals surface area (Å²) in [5.41, 5.74) is 0.666. The fourth-order valence-corrected chi connectivity index (χ4v) is 4.07. The number of hydrogen-bond acceptors (Lipinski definition) is 11. The number of piperazine rings is 1. The maximum atomic E-state index is 12.3. The predicted octanol–water partition coefficient (Wildman–Crippen LogP) is 0.817. The predicted molar refractivity (Wildman–Crippen MR) is 134 cm³/mol. The standard InChI is InChI=1S/C25H31N7O5/c1-30-8-9-32(23(34)14-30)13-17-4-5-22(28-19(17)15-33)31(2)24(35)29-21-10-20(18(11-26)12-27-21)37-25(6-7-25)16-36-3/h4-5,10,12,15,24,35H,6-9,13-14,16H2,1-3H3,(H,27,29). The number of aldehydes is 1. The summed E-state index contributed by atoms with van der Waals surface area (Å²) >= 11 is 0. The number of aromatic nitrogens is 2. The van der Waals surface area contributed by atoms with Gasteiger partial charge < -0.3 is 29.7 Å². The van der Waals surface area contributed by atoms with Crippen LogP contribution in [0.4, 0.5) is 11.6 Å². The Morgan fingerprint density at radius 1 is 1.38 bits per heavy atom. The highest BCUT2D eigenvalue weighted by atomic mass is 16.5. The van der Waals surface area contributed by atoms with Gasteiger partial charge in [-0.3, -0.25) is 14.5 Å². The molecule has 1 saturated heterocycles. The van der Waals surface area contributed by atoms with Crippen LogP contribution in [0.3, 0.4) is 0 Å². The summed E-state index contributed by atoms with van der Waals surface area (Å²) in [6.07, 6.45) is 2.42. The van der Waals surface area contributed by atoms with E-state index in [0.29, 0.717) is 55.5 Å². The molecule has 2 aromatic heterocycles. The van der Waals surface area contributed by atoms with Gasteiger partial charge in [-0.05, 0) is 26.0 Å². The number of aliphatic hydroxyl groups excluding tert-OH is 1. The minimum atomic E-state index is -1.25. The van der Waals surface area contributed by atoms with Crippen LogP contribution in [0.25, 0.3) is 0 Å². The van der Waals surface area contributed by atoms with Crippen molar-refractivity contribution in [1.82, 2.24) is 19.8 Å². The number of aliphatic hydroxyl groups is 1. The molecule has 1 aliphatic heterocycles. The lowest BCUT2D eigenvalue weighted by atomic mass is 10.1.